The van der Waals surface area contributed by atoms with Crippen molar-refractivity contribution < 1.29 is 0 Å². The van der Waals surface area contributed by atoms with Crippen LogP contribution in [0.5, 0.6) is 0 Å². The van der Waals surface area contributed by atoms with Gasteiger partial charge in [0.1, 0.15) is 0 Å². The second kappa shape index (κ2) is 1.87. The first-order valence-electron chi connectivity index (χ1n) is 2.62. The molecule has 0 fully saturated rings. The van der Waals surface area contributed by atoms with Gasteiger partial charge in [-0.15, -0.1) is 0 Å². The van der Waals surface area contributed by atoms with Gasteiger partial charge < -0.3 is 4.81 Å². The second-order valence-electron chi connectivity index (χ2n) is 3.07. The summed E-state index contributed by atoms with van der Waals surface area (Å²) in [5.74, 6) is 0. The third-order valence-corrected chi connectivity index (χ3v) is 1.34. The molecule has 0 aliphatic rings. The number of nitrogens with zero attached hydrogens (tertiary/aromatic N) is 1. The van der Waals surface area contributed by atoms with Gasteiger partial charge in [0.2, 0.25) is 0 Å². The lowest BCUT2D eigenvalue weighted by Crippen LogP contribution is -2.35. The van der Waals surface area contributed by atoms with E-state index >= 15 is 0 Å². The van der Waals surface area contributed by atoms with Crippen molar-refractivity contribution in [3.05, 3.63) is 0 Å². The Balaban J connectivity index is 3.54. The fraction of sp³-hybridized carbons (Fsp3) is 1.00. The lowest BCUT2D eigenvalue weighted by atomic mass is 10.0. The number of hydrogen-bond donors (Lipinski definition) is 0. The quantitative estimate of drug-likeness (QED) is 0.394. The largest absolute Gasteiger partial charge is 0.347 e. The Morgan fingerprint density at radius 2 is 1.43 bits per heavy atom. The molecule has 0 aromatic rings. The van der Waals surface area contributed by atoms with Crippen molar-refractivity contribution in [2.24, 2.45) is 0 Å². The van der Waals surface area contributed by atoms with Crippen molar-refractivity contribution in [2.75, 3.05) is 7.05 Å². The topological polar surface area (TPSA) is 3.24 Å². The molecule has 2 heteroatoms. The lowest BCUT2D eigenvalue weighted by molar-refractivity contribution is 0.306. The van der Waals surface area contributed by atoms with E-state index in [9.17, 15) is 0 Å². The van der Waals surface area contributed by atoms with Gasteiger partial charge in [0.25, 0.3) is 0 Å². The number of hydrogen-bond acceptors (Lipinski definition) is 1. The summed E-state index contributed by atoms with van der Waals surface area (Å²) < 4.78 is 0. The zero-order valence-corrected chi connectivity index (χ0v) is 5.95. The van der Waals surface area contributed by atoms with Crippen molar-refractivity contribution in [3.8, 4) is 0 Å². The zero-order valence-electron chi connectivity index (χ0n) is 5.95. The van der Waals surface area contributed by atoms with Crippen molar-refractivity contribution in [1.82, 2.24) is 4.81 Å². The van der Waals surface area contributed by atoms with Gasteiger partial charge in [0.05, 0.1) is 0 Å². The molecular weight excluding hydrogens is 84.9 g/mol. The van der Waals surface area contributed by atoms with Gasteiger partial charge in [-0.1, -0.05) is 0 Å². The van der Waals surface area contributed by atoms with Crippen LogP contribution in [0, 0.1) is 0 Å². The molecule has 0 radical (unpaired) electrons. The molecule has 1 nitrogen and oxygen atoms in total. The molecule has 0 heterocycles. The van der Waals surface area contributed by atoms with Gasteiger partial charge in [-0.2, -0.15) is 0 Å². The maximum Gasteiger partial charge on any atom is 0.185 e. The monoisotopic (exact) mass is 99.1 g/mol. The molecule has 0 aliphatic carbocycles. The van der Waals surface area contributed by atoms with E-state index in [1.165, 1.54) is 0 Å². The average molecular weight is 99.0 g/mol. The van der Waals surface area contributed by atoms with E-state index in [2.05, 4.69) is 40.6 Å². The first-order valence-corrected chi connectivity index (χ1v) is 2.62. The summed E-state index contributed by atoms with van der Waals surface area (Å²) in [6.45, 7) is 6.56. The molecule has 0 bridgehead atoms. The summed E-state index contributed by atoms with van der Waals surface area (Å²) in [7, 11) is 4.17. The van der Waals surface area contributed by atoms with E-state index in [1.54, 1.807) is 0 Å². The van der Waals surface area contributed by atoms with E-state index in [0.29, 0.717) is 5.54 Å². The molecule has 42 valence electrons. The van der Waals surface area contributed by atoms with Gasteiger partial charge in [-0.3, -0.25) is 0 Å². The van der Waals surface area contributed by atoms with Crippen LogP contribution in [0.1, 0.15) is 20.8 Å². The molecule has 0 atom stereocenters. The van der Waals surface area contributed by atoms with Gasteiger partial charge in [-0.25, -0.2) is 0 Å². The summed E-state index contributed by atoms with van der Waals surface area (Å²) in [6.07, 6.45) is 0. The van der Waals surface area contributed by atoms with Crippen molar-refractivity contribution in [1.29, 1.82) is 0 Å². The minimum Gasteiger partial charge on any atom is -0.347 e. The molecule has 0 aliphatic heterocycles. The second-order valence-corrected chi connectivity index (χ2v) is 3.07. The minimum atomic E-state index is 0.333. The van der Waals surface area contributed by atoms with Crippen LogP contribution in [0.15, 0.2) is 0 Å². The molecule has 0 saturated carbocycles. The molecule has 0 amide bonds. The molecule has 0 unspecified atom stereocenters. The Morgan fingerprint density at radius 3 is 1.43 bits per heavy atom. The highest BCUT2D eigenvalue weighted by Gasteiger charge is 2.10. The van der Waals surface area contributed by atoms with Crippen LogP contribution in [-0.2, 0) is 0 Å². The summed E-state index contributed by atoms with van der Waals surface area (Å²) in [5, 5.41) is 0. The molecule has 7 heavy (non-hydrogen) atoms. The molecule has 0 aromatic carbocycles. The van der Waals surface area contributed by atoms with Crippen LogP contribution < -0.4 is 0 Å². The van der Waals surface area contributed by atoms with Crippen LogP contribution in [0.4, 0.5) is 0 Å². The SMILES string of the molecule is BN(C)C(C)(C)C. The Hall–Kier alpha value is 0.0249. The highest BCUT2D eigenvalue weighted by Crippen LogP contribution is 2.04. The molecular formula is C5H14BN. The lowest BCUT2D eigenvalue weighted by Gasteiger charge is -2.27. The van der Waals surface area contributed by atoms with Crippen LogP contribution in [-0.4, -0.2) is 25.4 Å². The normalized spacial score (nSPS) is 12.7. The first-order chi connectivity index (χ1) is 2.94. The maximum absolute atomic E-state index is 2.19. The maximum atomic E-state index is 2.19. The Bertz CT molecular complexity index is 53.6. The smallest absolute Gasteiger partial charge is 0.185 e. The standard InChI is InChI=1S/C5H14BN/c1-5(2,3)7(4)6/h6H2,1-4H3. The molecule has 0 aromatic heterocycles. The fourth-order valence-electron chi connectivity index (χ4n) is 0. The summed E-state index contributed by atoms with van der Waals surface area (Å²) in [6, 6.07) is 0. The van der Waals surface area contributed by atoms with Gasteiger partial charge >= 0.3 is 0 Å². The van der Waals surface area contributed by atoms with E-state index in [1.807, 2.05) is 0 Å². The third kappa shape index (κ3) is 2.69. The Kier molecular flexibility index (Phi) is 1.87. The highest BCUT2D eigenvalue weighted by molar-refractivity contribution is 6.04. The van der Waals surface area contributed by atoms with E-state index in [0.717, 1.165) is 0 Å². The van der Waals surface area contributed by atoms with Crippen LogP contribution >= 0.6 is 0 Å². The summed E-state index contributed by atoms with van der Waals surface area (Å²) in [5.41, 5.74) is 0.333. The Morgan fingerprint density at radius 1 is 1.29 bits per heavy atom. The molecule has 0 N–H and O–H groups in total. The van der Waals surface area contributed by atoms with Crippen molar-refractivity contribution in [2.45, 2.75) is 26.3 Å². The van der Waals surface area contributed by atoms with Crippen molar-refractivity contribution in [3.63, 3.8) is 0 Å². The molecule has 0 spiro atoms. The van der Waals surface area contributed by atoms with Crippen LogP contribution in [0.25, 0.3) is 0 Å². The molecule has 0 saturated heterocycles. The van der Waals surface area contributed by atoms with E-state index in [4.69, 9.17) is 0 Å². The van der Waals surface area contributed by atoms with Gasteiger partial charge in [0, 0.05) is 5.54 Å². The first kappa shape index (κ1) is 7.02. The van der Waals surface area contributed by atoms with Crippen LogP contribution in [0.2, 0.25) is 0 Å². The third-order valence-electron chi connectivity index (χ3n) is 1.34. The van der Waals surface area contributed by atoms with Crippen molar-refractivity contribution >= 4 is 7.98 Å². The van der Waals surface area contributed by atoms with E-state index < -0.39 is 0 Å². The van der Waals surface area contributed by atoms with Crippen LogP contribution in [0.3, 0.4) is 0 Å². The summed E-state index contributed by atoms with van der Waals surface area (Å²) in [4.78, 5) is 2.19. The van der Waals surface area contributed by atoms with Gasteiger partial charge in [0.15, 0.2) is 7.98 Å². The fourth-order valence-corrected chi connectivity index (χ4v) is 0. The highest BCUT2D eigenvalue weighted by atomic mass is 15.1. The predicted molar refractivity (Wildman–Crippen MR) is 36.1 cm³/mol. The Labute approximate surface area is 47.1 Å². The minimum absolute atomic E-state index is 0.333. The van der Waals surface area contributed by atoms with E-state index in [-0.39, 0.29) is 0 Å². The predicted octanol–water partition coefficient (Wildman–Crippen LogP) is 0.265. The number of rotatable bonds is 0. The zero-order chi connectivity index (χ0) is 6.08. The summed E-state index contributed by atoms with van der Waals surface area (Å²) >= 11 is 0. The van der Waals surface area contributed by atoms with Gasteiger partial charge in [-0.05, 0) is 27.8 Å². The molecule has 0 rings (SSSR count). The average Bonchev–Trinajstić information content (AvgIpc) is 1.31.